The highest BCUT2D eigenvalue weighted by Gasteiger charge is 1.98. The van der Waals surface area contributed by atoms with Crippen LogP contribution in [0.5, 0.6) is 0 Å². The smallest absolute Gasteiger partial charge is 0.220 e. The quantitative estimate of drug-likeness (QED) is 0.227. The van der Waals surface area contributed by atoms with Crippen molar-refractivity contribution in [2.24, 2.45) is 0 Å². The van der Waals surface area contributed by atoms with Crippen LogP contribution in [0.3, 0.4) is 0 Å². The molecule has 1 amide bonds. The average molecular weight is 376 g/mol. The zero-order valence-corrected chi connectivity index (χ0v) is 17.4. The number of hydrogen-bond acceptors (Lipinski definition) is 2. The van der Waals surface area contributed by atoms with Crippen molar-refractivity contribution < 1.29 is 9.90 Å². The average Bonchev–Trinajstić information content (AvgIpc) is 2.68. The van der Waals surface area contributed by atoms with E-state index in [1.54, 1.807) is 0 Å². The topological polar surface area (TPSA) is 49.3 Å². The van der Waals surface area contributed by atoms with Crippen LogP contribution in [0, 0.1) is 0 Å². The number of hydrogen-bond donors (Lipinski definition) is 2. The third kappa shape index (κ3) is 22.3. The van der Waals surface area contributed by atoms with Gasteiger partial charge in [0.15, 0.2) is 0 Å². The van der Waals surface area contributed by atoms with E-state index < -0.39 is 0 Å². The third-order valence-electron chi connectivity index (χ3n) is 4.17. The molecule has 0 heterocycles. The summed E-state index contributed by atoms with van der Waals surface area (Å²) in [5.74, 6) is 0.0433. The van der Waals surface area contributed by atoms with Crippen LogP contribution in [-0.4, -0.2) is 24.2 Å². The summed E-state index contributed by atoms with van der Waals surface area (Å²) in [7, 11) is 0. The van der Waals surface area contributed by atoms with Crippen molar-refractivity contribution >= 4 is 5.91 Å². The first-order chi connectivity index (χ1) is 13.3. The number of carbonyl (C=O) groups excluding carboxylic acids is 1. The molecule has 0 aromatic heterocycles. The summed E-state index contributed by atoms with van der Waals surface area (Å²) in [5, 5.41) is 11.3. The Hall–Kier alpha value is -1.61. The number of carbonyl (C=O) groups is 1. The van der Waals surface area contributed by atoms with Gasteiger partial charge in [0.2, 0.25) is 5.91 Å². The molecule has 27 heavy (non-hydrogen) atoms. The van der Waals surface area contributed by atoms with Crippen molar-refractivity contribution in [1.29, 1.82) is 0 Å². The molecule has 0 rings (SSSR count). The molecule has 0 bridgehead atoms. The van der Waals surface area contributed by atoms with Gasteiger partial charge in [-0.05, 0) is 51.4 Å². The van der Waals surface area contributed by atoms with Gasteiger partial charge in [0, 0.05) is 13.0 Å². The molecule has 0 atom stereocenters. The van der Waals surface area contributed by atoms with Crippen LogP contribution < -0.4 is 5.32 Å². The van der Waals surface area contributed by atoms with Gasteiger partial charge in [-0.15, -0.1) is 0 Å². The molecule has 0 fully saturated rings. The van der Waals surface area contributed by atoms with Crippen molar-refractivity contribution in [2.75, 3.05) is 13.2 Å². The van der Waals surface area contributed by atoms with Crippen LogP contribution in [0.1, 0.15) is 84.0 Å². The summed E-state index contributed by atoms with van der Waals surface area (Å²) in [6.07, 6.45) is 30.9. The summed E-state index contributed by atoms with van der Waals surface area (Å²) in [6.45, 7) is 2.61. The SMILES string of the molecule is CCCCCC=CCC=CCC=CCC=CCCCCCC(=O)NCCO. The van der Waals surface area contributed by atoms with Gasteiger partial charge in [-0.3, -0.25) is 4.79 Å². The Bertz CT molecular complexity index is 436. The summed E-state index contributed by atoms with van der Waals surface area (Å²) >= 11 is 0. The first kappa shape index (κ1) is 25.4. The highest BCUT2D eigenvalue weighted by molar-refractivity contribution is 5.75. The van der Waals surface area contributed by atoms with E-state index in [1.807, 2.05) is 0 Å². The molecule has 2 N–H and O–H groups in total. The minimum absolute atomic E-state index is 0.0117. The number of aliphatic hydroxyl groups excluding tert-OH is 1. The van der Waals surface area contributed by atoms with Crippen LogP contribution in [0.15, 0.2) is 48.6 Å². The summed E-state index contributed by atoms with van der Waals surface area (Å²) in [4.78, 5) is 11.3. The summed E-state index contributed by atoms with van der Waals surface area (Å²) < 4.78 is 0. The summed E-state index contributed by atoms with van der Waals surface area (Å²) in [6, 6.07) is 0. The van der Waals surface area contributed by atoms with Gasteiger partial charge < -0.3 is 10.4 Å². The highest BCUT2D eigenvalue weighted by atomic mass is 16.3. The van der Waals surface area contributed by atoms with Gasteiger partial charge in [-0.2, -0.15) is 0 Å². The van der Waals surface area contributed by atoms with E-state index >= 15 is 0 Å². The molecule has 0 unspecified atom stereocenters. The Morgan fingerprint density at radius 3 is 1.78 bits per heavy atom. The monoisotopic (exact) mass is 375 g/mol. The number of aliphatic hydroxyl groups is 1. The van der Waals surface area contributed by atoms with E-state index in [0.29, 0.717) is 13.0 Å². The largest absolute Gasteiger partial charge is 0.395 e. The molecule has 154 valence electrons. The lowest BCUT2D eigenvalue weighted by Gasteiger charge is -2.02. The molecular weight excluding hydrogens is 334 g/mol. The Morgan fingerprint density at radius 2 is 1.26 bits per heavy atom. The lowest BCUT2D eigenvalue weighted by Crippen LogP contribution is -2.25. The standard InChI is InChI=1S/C24H41NO2/c1-2-3-4-5-6-7-8-9-10-11-12-13-14-15-16-17-18-19-20-21-24(27)25-22-23-26/h6-7,9-10,12-13,15-16,26H,2-5,8,11,14,17-23H2,1H3,(H,25,27). The molecule has 0 saturated heterocycles. The van der Waals surface area contributed by atoms with Crippen molar-refractivity contribution in [2.45, 2.75) is 84.0 Å². The van der Waals surface area contributed by atoms with Crippen LogP contribution in [0.2, 0.25) is 0 Å². The maximum Gasteiger partial charge on any atom is 0.220 e. The van der Waals surface area contributed by atoms with Gasteiger partial charge in [-0.1, -0.05) is 74.8 Å². The van der Waals surface area contributed by atoms with Crippen molar-refractivity contribution in [3.8, 4) is 0 Å². The Kier molecular flexibility index (Phi) is 21.1. The molecule has 0 aliphatic heterocycles. The second-order valence-corrected chi connectivity index (χ2v) is 6.76. The number of rotatable bonds is 18. The van der Waals surface area contributed by atoms with E-state index in [-0.39, 0.29) is 12.5 Å². The summed E-state index contributed by atoms with van der Waals surface area (Å²) in [5.41, 5.74) is 0. The zero-order chi connectivity index (χ0) is 19.8. The number of unbranched alkanes of at least 4 members (excludes halogenated alkanes) is 6. The lowest BCUT2D eigenvalue weighted by molar-refractivity contribution is -0.121. The molecule has 0 saturated carbocycles. The van der Waals surface area contributed by atoms with Crippen molar-refractivity contribution in [3.05, 3.63) is 48.6 Å². The van der Waals surface area contributed by atoms with Gasteiger partial charge in [0.25, 0.3) is 0 Å². The predicted molar refractivity (Wildman–Crippen MR) is 118 cm³/mol. The molecule has 0 aliphatic rings. The minimum Gasteiger partial charge on any atom is -0.395 e. The Balaban J connectivity index is 3.40. The normalized spacial score (nSPS) is 12.2. The molecule has 0 aromatic rings. The van der Waals surface area contributed by atoms with Gasteiger partial charge in [0.1, 0.15) is 0 Å². The fraction of sp³-hybridized carbons (Fsp3) is 0.625. The molecule has 3 heteroatoms. The van der Waals surface area contributed by atoms with Crippen LogP contribution in [0.25, 0.3) is 0 Å². The van der Waals surface area contributed by atoms with E-state index in [9.17, 15) is 4.79 Å². The molecule has 3 nitrogen and oxygen atoms in total. The van der Waals surface area contributed by atoms with E-state index in [0.717, 1.165) is 44.9 Å². The Morgan fingerprint density at radius 1 is 0.741 bits per heavy atom. The molecule has 0 aromatic carbocycles. The lowest BCUT2D eigenvalue weighted by atomic mass is 10.1. The predicted octanol–water partition coefficient (Wildman–Crippen LogP) is 6.02. The van der Waals surface area contributed by atoms with Crippen molar-refractivity contribution in [3.63, 3.8) is 0 Å². The minimum atomic E-state index is 0.0117. The molecule has 0 radical (unpaired) electrons. The highest BCUT2D eigenvalue weighted by Crippen LogP contribution is 2.04. The molecule has 0 aliphatic carbocycles. The number of nitrogens with one attached hydrogen (secondary N) is 1. The molecule has 0 spiro atoms. The second-order valence-electron chi connectivity index (χ2n) is 6.76. The van der Waals surface area contributed by atoms with Gasteiger partial charge >= 0.3 is 0 Å². The van der Waals surface area contributed by atoms with Gasteiger partial charge in [0.05, 0.1) is 6.61 Å². The van der Waals surface area contributed by atoms with Crippen LogP contribution in [-0.2, 0) is 4.79 Å². The van der Waals surface area contributed by atoms with Gasteiger partial charge in [-0.25, -0.2) is 0 Å². The molecular formula is C24H41NO2. The first-order valence-corrected chi connectivity index (χ1v) is 10.8. The number of amides is 1. The van der Waals surface area contributed by atoms with Crippen molar-refractivity contribution in [1.82, 2.24) is 5.32 Å². The zero-order valence-electron chi connectivity index (χ0n) is 17.4. The van der Waals surface area contributed by atoms with E-state index in [2.05, 4.69) is 60.8 Å². The number of allylic oxidation sites excluding steroid dienone is 8. The van der Waals surface area contributed by atoms with E-state index in [4.69, 9.17) is 5.11 Å². The maximum atomic E-state index is 11.3. The van der Waals surface area contributed by atoms with Crippen LogP contribution in [0.4, 0.5) is 0 Å². The van der Waals surface area contributed by atoms with E-state index in [1.165, 1.54) is 25.7 Å². The van der Waals surface area contributed by atoms with Crippen LogP contribution >= 0.6 is 0 Å². The fourth-order valence-corrected chi connectivity index (χ4v) is 2.57. The second kappa shape index (κ2) is 22.4. The maximum absolute atomic E-state index is 11.3. The first-order valence-electron chi connectivity index (χ1n) is 10.8. The Labute approximate surface area is 167 Å². The fourth-order valence-electron chi connectivity index (χ4n) is 2.57. The third-order valence-corrected chi connectivity index (χ3v) is 4.17.